The Bertz CT molecular complexity index is 683. The fourth-order valence-corrected chi connectivity index (χ4v) is 2.32. The molecule has 3 rings (SSSR count). The van der Waals surface area contributed by atoms with Crippen LogP contribution in [0.2, 0.25) is 0 Å². The smallest absolute Gasteiger partial charge is 0.137 e. The average molecular weight is 251 g/mol. The van der Waals surface area contributed by atoms with Crippen molar-refractivity contribution in [3.05, 3.63) is 60.4 Å². The molecule has 96 valence electrons. The summed E-state index contributed by atoms with van der Waals surface area (Å²) in [5.41, 5.74) is 10.5. The summed E-state index contributed by atoms with van der Waals surface area (Å²) in [4.78, 5) is 4.31. The topological polar surface area (TPSA) is 43.3 Å². The predicted octanol–water partition coefficient (Wildman–Crippen LogP) is 3.41. The summed E-state index contributed by atoms with van der Waals surface area (Å²) < 4.78 is 2.09. The number of pyridine rings is 1. The molecule has 19 heavy (non-hydrogen) atoms. The highest BCUT2D eigenvalue weighted by atomic mass is 15.0. The number of hydrogen-bond donors (Lipinski definition) is 1. The second kappa shape index (κ2) is 4.86. The van der Waals surface area contributed by atoms with Crippen molar-refractivity contribution in [3.63, 3.8) is 0 Å². The third-order valence-corrected chi connectivity index (χ3v) is 3.50. The lowest BCUT2D eigenvalue weighted by Crippen LogP contribution is -2.08. The lowest BCUT2D eigenvalue weighted by molar-refractivity contribution is 0.699. The van der Waals surface area contributed by atoms with Gasteiger partial charge in [0.2, 0.25) is 0 Å². The van der Waals surface area contributed by atoms with Crippen molar-refractivity contribution in [2.24, 2.45) is 5.73 Å². The molecule has 3 heteroatoms. The van der Waals surface area contributed by atoms with E-state index in [0.717, 1.165) is 17.8 Å². The number of aromatic nitrogens is 2. The normalized spacial score (nSPS) is 12.7. The summed E-state index contributed by atoms with van der Waals surface area (Å²) in [6.07, 6.45) is 4.76. The Morgan fingerprint density at radius 1 is 1.16 bits per heavy atom. The fraction of sp³-hybridized carbons (Fsp3) is 0.188. The van der Waals surface area contributed by atoms with Gasteiger partial charge in [0, 0.05) is 18.4 Å². The first-order valence-electron chi connectivity index (χ1n) is 6.57. The number of nitrogens with zero attached hydrogens (tertiary/aromatic N) is 2. The first-order valence-corrected chi connectivity index (χ1v) is 6.57. The number of rotatable bonds is 3. The third-order valence-electron chi connectivity index (χ3n) is 3.50. The summed E-state index contributed by atoms with van der Waals surface area (Å²) in [6.45, 7) is 2.10. The van der Waals surface area contributed by atoms with E-state index in [2.05, 4.69) is 46.6 Å². The van der Waals surface area contributed by atoms with Gasteiger partial charge in [0.05, 0.1) is 5.69 Å². The first-order chi connectivity index (χ1) is 9.29. The van der Waals surface area contributed by atoms with Crippen LogP contribution in [0.4, 0.5) is 0 Å². The third kappa shape index (κ3) is 2.13. The highest BCUT2D eigenvalue weighted by Crippen LogP contribution is 2.23. The minimum atomic E-state index is 0.123. The van der Waals surface area contributed by atoms with Crippen molar-refractivity contribution < 1.29 is 0 Å². The molecule has 0 saturated heterocycles. The van der Waals surface area contributed by atoms with Crippen LogP contribution in [0.1, 0.15) is 24.9 Å². The molecule has 0 saturated carbocycles. The Morgan fingerprint density at radius 2 is 1.95 bits per heavy atom. The molecule has 0 amide bonds. The first kappa shape index (κ1) is 11.9. The monoisotopic (exact) mass is 251 g/mol. The quantitative estimate of drug-likeness (QED) is 0.775. The zero-order valence-corrected chi connectivity index (χ0v) is 11.0. The van der Waals surface area contributed by atoms with Crippen molar-refractivity contribution in [2.45, 2.75) is 19.4 Å². The van der Waals surface area contributed by atoms with Crippen LogP contribution in [0.3, 0.4) is 0 Å². The number of fused-ring (bicyclic) bond motifs is 1. The Hall–Kier alpha value is -2.13. The highest BCUT2D eigenvalue weighted by Gasteiger charge is 2.06. The molecule has 3 nitrogen and oxygen atoms in total. The Kier molecular flexibility index (Phi) is 3.05. The number of benzene rings is 1. The molecule has 0 aliphatic heterocycles. The van der Waals surface area contributed by atoms with E-state index in [0.29, 0.717) is 0 Å². The van der Waals surface area contributed by atoms with Gasteiger partial charge in [-0.3, -0.25) is 4.40 Å². The van der Waals surface area contributed by atoms with Crippen molar-refractivity contribution in [3.8, 4) is 11.3 Å². The van der Waals surface area contributed by atoms with Crippen LogP contribution in [0.25, 0.3) is 16.9 Å². The van der Waals surface area contributed by atoms with Gasteiger partial charge in [0.25, 0.3) is 0 Å². The maximum Gasteiger partial charge on any atom is 0.137 e. The molecule has 1 aromatic carbocycles. The van der Waals surface area contributed by atoms with E-state index in [9.17, 15) is 0 Å². The van der Waals surface area contributed by atoms with Crippen molar-refractivity contribution in [1.29, 1.82) is 0 Å². The Labute approximate surface area is 112 Å². The highest BCUT2D eigenvalue weighted by molar-refractivity contribution is 5.63. The molecule has 2 aromatic heterocycles. The van der Waals surface area contributed by atoms with Gasteiger partial charge in [-0.1, -0.05) is 37.3 Å². The lowest BCUT2D eigenvalue weighted by atomic mass is 10.0. The van der Waals surface area contributed by atoms with Crippen molar-refractivity contribution in [2.75, 3.05) is 0 Å². The van der Waals surface area contributed by atoms with E-state index in [4.69, 9.17) is 5.73 Å². The molecule has 0 bridgehead atoms. The van der Waals surface area contributed by atoms with Gasteiger partial charge in [-0.15, -0.1) is 0 Å². The summed E-state index contributed by atoms with van der Waals surface area (Å²) in [6, 6.07) is 14.7. The average Bonchev–Trinajstić information content (AvgIpc) is 2.95. The molecule has 0 spiro atoms. The summed E-state index contributed by atoms with van der Waals surface area (Å²) in [7, 11) is 0. The van der Waals surface area contributed by atoms with E-state index in [1.54, 1.807) is 0 Å². The maximum atomic E-state index is 6.04. The molecule has 0 aliphatic rings. The van der Waals surface area contributed by atoms with Crippen LogP contribution >= 0.6 is 0 Å². The molecular weight excluding hydrogens is 234 g/mol. The molecule has 2 heterocycles. The second-order valence-corrected chi connectivity index (χ2v) is 4.70. The maximum absolute atomic E-state index is 6.04. The van der Waals surface area contributed by atoms with Crippen LogP contribution in [0.15, 0.2) is 54.9 Å². The molecule has 2 N–H and O–H groups in total. The van der Waals surface area contributed by atoms with Gasteiger partial charge in [-0.2, -0.15) is 0 Å². The van der Waals surface area contributed by atoms with Gasteiger partial charge in [-0.25, -0.2) is 4.98 Å². The zero-order valence-electron chi connectivity index (χ0n) is 11.0. The molecule has 3 aromatic rings. The van der Waals surface area contributed by atoms with Crippen LogP contribution in [0.5, 0.6) is 0 Å². The van der Waals surface area contributed by atoms with Crippen LogP contribution in [-0.2, 0) is 0 Å². The van der Waals surface area contributed by atoms with Crippen LogP contribution < -0.4 is 5.73 Å². The van der Waals surface area contributed by atoms with Crippen LogP contribution in [-0.4, -0.2) is 9.38 Å². The minimum absolute atomic E-state index is 0.123. The van der Waals surface area contributed by atoms with Crippen LogP contribution in [0, 0.1) is 0 Å². The van der Waals surface area contributed by atoms with Crippen molar-refractivity contribution >= 4 is 5.65 Å². The molecule has 0 aliphatic carbocycles. The lowest BCUT2D eigenvalue weighted by Gasteiger charge is -2.11. The van der Waals surface area contributed by atoms with Gasteiger partial charge < -0.3 is 5.73 Å². The van der Waals surface area contributed by atoms with E-state index in [1.165, 1.54) is 11.1 Å². The molecule has 1 atom stereocenters. The van der Waals surface area contributed by atoms with Gasteiger partial charge in [0.1, 0.15) is 5.65 Å². The molecule has 0 radical (unpaired) electrons. The minimum Gasteiger partial charge on any atom is -0.324 e. The number of imidazole rings is 1. The zero-order chi connectivity index (χ0) is 13.2. The standard InChI is InChI=1S/C16H17N3/c1-2-14(17)12-6-8-13(9-7-12)15-4-3-5-16-18-10-11-19(15)16/h3-11,14H,2,17H2,1H3. The number of nitrogens with two attached hydrogens (primary N) is 1. The summed E-state index contributed by atoms with van der Waals surface area (Å²) in [5.74, 6) is 0. The molecule has 1 unspecified atom stereocenters. The fourth-order valence-electron chi connectivity index (χ4n) is 2.32. The van der Waals surface area contributed by atoms with E-state index in [1.807, 2.05) is 24.5 Å². The summed E-state index contributed by atoms with van der Waals surface area (Å²) >= 11 is 0. The number of hydrogen-bond acceptors (Lipinski definition) is 2. The van der Waals surface area contributed by atoms with Crippen molar-refractivity contribution in [1.82, 2.24) is 9.38 Å². The molecular formula is C16H17N3. The van der Waals surface area contributed by atoms with E-state index >= 15 is 0 Å². The Balaban J connectivity index is 2.05. The second-order valence-electron chi connectivity index (χ2n) is 4.70. The molecule has 0 fully saturated rings. The van der Waals surface area contributed by atoms with E-state index < -0.39 is 0 Å². The van der Waals surface area contributed by atoms with E-state index in [-0.39, 0.29) is 6.04 Å². The largest absolute Gasteiger partial charge is 0.324 e. The SMILES string of the molecule is CCC(N)c1ccc(-c2cccc3nccn23)cc1. The van der Waals surface area contributed by atoms with Gasteiger partial charge >= 0.3 is 0 Å². The van der Waals surface area contributed by atoms with Gasteiger partial charge in [-0.05, 0) is 29.7 Å². The summed E-state index contributed by atoms with van der Waals surface area (Å²) in [5, 5.41) is 0. The Morgan fingerprint density at radius 3 is 2.68 bits per heavy atom. The predicted molar refractivity (Wildman–Crippen MR) is 77.8 cm³/mol. The van der Waals surface area contributed by atoms with Gasteiger partial charge in [0.15, 0.2) is 0 Å².